The predicted molar refractivity (Wildman–Crippen MR) is 65.7 cm³/mol. The lowest BCUT2D eigenvalue weighted by molar-refractivity contribution is 0.345. The van der Waals surface area contributed by atoms with E-state index in [1.165, 1.54) is 0 Å². The summed E-state index contributed by atoms with van der Waals surface area (Å²) in [4.78, 5) is 9.79. The van der Waals surface area contributed by atoms with Gasteiger partial charge in [0.25, 0.3) is 0 Å². The zero-order valence-corrected chi connectivity index (χ0v) is 10.5. The highest BCUT2D eigenvalue weighted by Crippen LogP contribution is 2.18. The molecule has 0 radical (unpaired) electrons. The van der Waals surface area contributed by atoms with Crippen molar-refractivity contribution >= 4 is 17.4 Å². The molecule has 1 N–H and O–H groups in total. The fourth-order valence-electron chi connectivity index (χ4n) is 2.08. The Morgan fingerprint density at radius 1 is 1.65 bits per heavy atom. The van der Waals surface area contributed by atoms with Crippen LogP contribution in [0.15, 0.2) is 6.20 Å². The molecule has 1 unspecified atom stereocenters. The maximum Gasteiger partial charge on any atom is 0.224 e. The molecule has 6 heteroatoms. The van der Waals surface area contributed by atoms with Gasteiger partial charge >= 0.3 is 0 Å². The highest BCUT2D eigenvalue weighted by molar-refractivity contribution is 6.28. The lowest BCUT2D eigenvalue weighted by atomic mass is 10.1. The first-order valence-electron chi connectivity index (χ1n) is 5.83. The van der Waals surface area contributed by atoms with Crippen molar-refractivity contribution in [2.45, 2.75) is 13.3 Å². The van der Waals surface area contributed by atoms with Crippen molar-refractivity contribution in [2.75, 3.05) is 31.5 Å². The van der Waals surface area contributed by atoms with Crippen molar-refractivity contribution in [3.63, 3.8) is 0 Å². The van der Waals surface area contributed by atoms with E-state index in [1.54, 1.807) is 0 Å². The molecule has 94 valence electrons. The molecule has 1 aliphatic heterocycles. The standard InChI is InChI=1S/C11H16ClFN4/c1-2-17-4-3-8(7-17)5-14-10-9(13)6-15-11(12)16-10/h6,8H,2-5,7H2,1H3,(H,14,15,16). The SMILES string of the molecule is CCN1CCC(CNc2nc(Cl)ncc2F)C1. The van der Waals surface area contributed by atoms with Crippen LogP contribution >= 0.6 is 11.6 Å². The molecule has 2 heterocycles. The summed E-state index contributed by atoms with van der Waals surface area (Å²) < 4.78 is 13.3. The van der Waals surface area contributed by atoms with E-state index in [0.29, 0.717) is 5.92 Å². The summed E-state index contributed by atoms with van der Waals surface area (Å²) in [5.41, 5.74) is 0. The predicted octanol–water partition coefficient (Wildman–Crippen LogP) is 2.02. The number of nitrogens with zero attached hydrogens (tertiary/aromatic N) is 3. The number of nitrogens with one attached hydrogen (secondary N) is 1. The molecule has 0 amide bonds. The van der Waals surface area contributed by atoms with Gasteiger partial charge in [0, 0.05) is 13.1 Å². The van der Waals surface area contributed by atoms with Crippen LogP contribution in [0.3, 0.4) is 0 Å². The Morgan fingerprint density at radius 2 is 2.47 bits per heavy atom. The lowest BCUT2D eigenvalue weighted by Crippen LogP contribution is -2.23. The van der Waals surface area contributed by atoms with Gasteiger partial charge in [0.2, 0.25) is 5.28 Å². The molecular formula is C11H16ClFN4. The summed E-state index contributed by atoms with van der Waals surface area (Å²) >= 11 is 5.62. The second-order valence-electron chi connectivity index (χ2n) is 4.26. The van der Waals surface area contributed by atoms with Gasteiger partial charge in [-0.2, -0.15) is 4.98 Å². The van der Waals surface area contributed by atoms with Crippen LogP contribution in [-0.2, 0) is 0 Å². The first kappa shape index (κ1) is 12.5. The van der Waals surface area contributed by atoms with Crippen molar-refractivity contribution < 1.29 is 4.39 Å². The quantitative estimate of drug-likeness (QED) is 0.839. The summed E-state index contributed by atoms with van der Waals surface area (Å²) in [7, 11) is 0. The number of rotatable bonds is 4. The largest absolute Gasteiger partial charge is 0.367 e. The monoisotopic (exact) mass is 258 g/mol. The minimum absolute atomic E-state index is 0.0653. The maximum atomic E-state index is 13.3. The summed E-state index contributed by atoms with van der Waals surface area (Å²) in [6, 6.07) is 0. The molecular weight excluding hydrogens is 243 g/mol. The second-order valence-corrected chi connectivity index (χ2v) is 4.60. The van der Waals surface area contributed by atoms with E-state index in [4.69, 9.17) is 11.6 Å². The Bertz CT molecular complexity index is 388. The molecule has 0 aliphatic carbocycles. The Kier molecular flexibility index (Phi) is 4.12. The van der Waals surface area contributed by atoms with Crippen LogP contribution in [-0.4, -0.2) is 41.0 Å². The van der Waals surface area contributed by atoms with Crippen LogP contribution in [0.5, 0.6) is 0 Å². The molecule has 0 bridgehead atoms. The fourth-order valence-corrected chi connectivity index (χ4v) is 2.21. The molecule has 1 aromatic rings. The van der Waals surface area contributed by atoms with E-state index in [2.05, 4.69) is 27.1 Å². The summed E-state index contributed by atoms with van der Waals surface area (Å²) in [6.07, 6.45) is 2.23. The van der Waals surface area contributed by atoms with Gasteiger partial charge < -0.3 is 10.2 Å². The zero-order valence-electron chi connectivity index (χ0n) is 9.79. The molecule has 1 aromatic heterocycles. The van der Waals surface area contributed by atoms with Gasteiger partial charge in [0.05, 0.1) is 6.20 Å². The average molecular weight is 259 g/mol. The smallest absolute Gasteiger partial charge is 0.224 e. The number of likely N-dealkylation sites (tertiary alicyclic amines) is 1. The third kappa shape index (κ3) is 3.26. The van der Waals surface area contributed by atoms with Gasteiger partial charge in [-0.15, -0.1) is 0 Å². The number of hydrogen-bond acceptors (Lipinski definition) is 4. The molecule has 0 saturated carbocycles. The highest BCUT2D eigenvalue weighted by atomic mass is 35.5. The topological polar surface area (TPSA) is 41.0 Å². The van der Waals surface area contributed by atoms with Gasteiger partial charge in [-0.25, -0.2) is 9.37 Å². The van der Waals surface area contributed by atoms with Crippen molar-refractivity contribution in [3.05, 3.63) is 17.3 Å². The van der Waals surface area contributed by atoms with E-state index < -0.39 is 5.82 Å². The van der Waals surface area contributed by atoms with Crippen LogP contribution in [0, 0.1) is 11.7 Å². The Balaban J connectivity index is 1.88. The van der Waals surface area contributed by atoms with Crippen molar-refractivity contribution in [1.82, 2.24) is 14.9 Å². The van der Waals surface area contributed by atoms with Gasteiger partial charge in [-0.1, -0.05) is 6.92 Å². The number of aromatic nitrogens is 2. The second kappa shape index (κ2) is 5.60. The first-order chi connectivity index (χ1) is 8.19. The van der Waals surface area contributed by atoms with Crippen LogP contribution in [0.4, 0.5) is 10.2 Å². The van der Waals surface area contributed by atoms with E-state index in [-0.39, 0.29) is 11.1 Å². The van der Waals surface area contributed by atoms with E-state index in [9.17, 15) is 4.39 Å². The van der Waals surface area contributed by atoms with Crippen molar-refractivity contribution in [3.8, 4) is 0 Å². The summed E-state index contributed by atoms with van der Waals surface area (Å²) in [5, 5.41) is 3.07. The maximum absolute atomic E-state index is 13.3. The van der Waals surface area contributed by atoms with Crippen molar-refractivity contribution in [2.24, 2.45) is 5.92 Å². The normalized spacial score (nSPS) is 20.8. The molecule has 1 saturated heterocycles. The van der Waals surface area contributed by atoms with Crippen LogP contribution in [0.1, 0.15) is 13.3 Å². The third-order valence-corrected chi connectivity index (χ3v) is 3.27. The Labute approximate surface area is 105 Å². The van der Waals surface area contributed by atoms with Gasteiger partial charge in [-0.05, 0) is 37.0 Å². The van der Waals surface area contributed by atoms with Gasteiger partial charge in [0.1, 0.15) is 0 Å². The number of anilines is 1. The molecule has 4 nitrogen and oxygen atoms in total. The first-order valence-corrected chi connectivity index (χ1v) is 6.21. The molecule has 0 spiro atoms. The van der Waals surface area contributed by atoms with Crippen LogP contribution in [0.2, 0.25) is 5.28 Å². The lowest BCUT2D eigenvalue weighted by Gasteiger charge is -2.14. The van der Waals surface area contributed by atoms with Crippen LogP contribution in [0.25, 0.3) is 0 Å². The molecule has 2 rings (SSSR count). The summed E-state index contributed by atoms with van der Waals surface area (Å²) in [5.74, 6) is 0.280. The van der Waals surface area contributed by atoms with Crippen LogP contribution < -0.4 is 5.32 Å². The number of hydrogen-bond donors (Lipinski definition) is 1. The molecule has 1 aliphatic rings. The molecule has 0 aromatic carbocycles. The Morgan fingerprint density at radius 3 is 3.18 bits per heavy atom. The van der Waals surface area contributed by atoms with Gasteiger partial charge in [0.15, 0.2) is 11.6 Å². The average Bonchev–Trinajstić information content (AvgIpc) is 2.78. The summed E-state index contributed by atoms with van der Waals surface area (Å²) in [6.45, 7) is 6.13. The van der Waals surface area contributed by atoms with E-state index in [1.807, 2.05) is 0 Å². The van der Waals surface area contributed by atoms with E-state index >= 15 is 0 Å². The number of halogens is 2. The molecule has 1 fully saturated rings. The molecule has 1 atom stereocenters. The zero-order chi connectivity index (χ0) is 12.3. The Hall–Kier alpha value is -0.940. The van der Waals surface area contributed by atoms with Crippen molar-refractivity contribution in [1.29, 1.82) is 0 Å². The highest BCUT2D eigenvalue weighted by Gasteiger charge is 2.21. The minimum Gasteiger partial charge on any atom is -0.367 e. The van der Waals surface area contributed by atoms with E-state index in [0.717, 1.165) is 38.8 Å². The van der Waals surface area contributed by atoms with Gasteiger partial charge in [-0.3, -0.25) is 0 Å². The third-order valence-electron chi connectivity index (χ3n) is 3.09. The minimum atomic E-state index is -0.459. The fraction of sp³-hybridized carbons (Fsp3) is 0.636. The molecule has 17 heavy (non-hydrogen) atoms.